The van der Waals surface area contributed by atoms with Gasteiger partial charge in [0.05, 0.1) is 27.6 Å². The summed E-state index contributed by atoms with van der Waals surface area (Å²) < 4.78 is 0. The van der Waals surface area contributed by atoms with Gasteiger partial charge in [0.2, 0.25) is 11.8 Å². The van der Waals surface area contributed by atoms with Crippen LogP contribution in [0.3, 0.4) is 0 Å². The van der Waals surface area contributed by atoms with E-state index >= 15 is 0 Å². The molecule has 0 radical (unpaired) electrons. The van der Waals surface area contributed by atoms with E-state index in [1.807, 2.05) is 13.0 Å². The topological polar surface area (TPSA) is 72.2 Å². The Kier molecular flexibility index (Phi) is 7.93. The molecule has 0 aliphatic rings. The first-order chi connectivity index (χ1) is 9.93. The molecule has 0 saturated carbocycles. The molecule has 21 heavy (non-hydrogen) atoms. The van der Waals surface area contributed by atoms with Crippen molar-refractivity contribution in [1.82, 2.24) is 5.32 Å². The van der Waals surface area contributed by atoms with Crippen molar-refractivity contribution in [2.45, 2.75) is 25.8 Å². The minimum atomic E-state index is -0.428. The molecule has 0 fully saturated rings. The van der Waals surface area contributed by atoms with Crippen LogP contribution in [0.5, 0.6) is 0 Å². The maximum absolute atomic E-state index is 11.9. The van der Waals surface area contributed by atoms with Crippen molar-refractivity contribution >= 4 is 46.8 Å². The van der Waals surface area contributed by atoms with Crippen LogP contribution in [0.15, 0.2) is 18.2 Å². The maximum Gasteiger partial charge on any atom is 0.230 e. The highest BCUT2D eigenvalue weighted by Gasteiger charge is 2.15. The van der Waals surface area contributed by atoms with Gasteiger partial charge in [0.25, 0.3) is 0 Å². The highest BCUT2D eigenvalue weighted by Crippen LogP contribution is 2.27. The second kappa shape index (κ2) is 9.18. The Morgan fingerprint density at radius 3 is 2.57 bits per heavy atom. The number of carbonyl (C=O) groups is 2. The number of nitrogens with two attached hydrogens (primary N) is 1. The van der Waals surface area contributed by atoms with Gasteiger partial charge < -0.3 is 11.1 Å². The van der Waals surface area contributed by atoms with Crippen LogP contribution in [0.2, 0.25) is 10.0 Å². The Labute approximate surface area is 138 Å². The lowest BCUT2D eigenvalue weighted by Crippen LogP contribution is -2.30. The van der Waals surface area contributed by atoms with E-state index in [1.165, 1.54) is 11.8 Å². The monoisotopic (exact) mass is 348 g/mol. The fourth-order valence-electron chi connectivity index (χ4n) is 1.82. The molecule has 0 aliphatic carbocycles. The van der Waals surface area contributed by atoms with Gasteiger partial charge in [-0.3, -0.25) is 9.59 Å². The van der Waals surface area contributed by atoms with Crippen LogP contribution in [0.4, 0.5) is 0 Å². The predicted molar refractivity (Wildman–Crippen MR) is 88.8 cm³/mol. The second-order valence-corrected chi connectivity index (χ2v) is 6.34. The molecule has 0 aromatic heterocycles. The van der Waals surface area contributed by atoms with Crippen molar-refractivity contribution in [3.8, 4) is 0 Å². The van der Waals surface area contributed by atoms with Gasteiger partial charge in [-0.2, -0.15) is 0 Å². The summed E-state index contributed by atoms with van der Waals surface area (Å²) in [5, 5.41) is 3.89. The molecule has 0 aliphatic heterocycles. The number of amides is 2. The Morgan fingerprint density at radius 2 is 2.00 bits per heavy atom. The smallest absolute Gasteiger partial charge is 0.230 e. The summed E-state index contributed by atoms with van der Waals surface area (Å²) in [6.07, 6.45) is 1.71. The van der Waals surface area contributed by atoms with Crippen LogP contribution in [-0.4, -0.2) is 23.3 Å². The SMILES string of the molecule is CCC[C@H](NC(=O)CSCC(N)=O)c1ccc(Cl)c(Cl)c1. The molecule has 0 bridgehead atoms. The number of thioether (sulfide) groups is 1. The summed E-state index contributed by atoms with van der Waals surface area (Å²) in [7, 11) is 0. The maximum atomic E-state index is 11.9. The number of benzene rings is 1. The summed E-state index contributed by atoms with van der Waals surface area (Å²) in [6, 6.07) is 5.22. The summed E-state index contributed by atoms with van der Waals surface area (Å²) in [4.78, 5) is 22.5. The molecule has 4 nitrogen and oxygen atoms in total. The lowest BCUT2D eigenvalue weighted by molar-refractivity contribution is -0.119. The normalized spacial score (nSPS) is 12.0. The number of halogens is 2. The third kappa shape index (κ3) is 6.59. The van der Waals surface area contributed by atoms with E-state index in [2.05, 4.69) is 5.32 Å². The zero-order valence-electron chi connectivity index (χ0n) is 11.7. The minimum Gasteiger partial charge on any atom is -0.369 e. The van der Waals surface area contributed by atoms with Gasteiger partial charge in [0.15, 0.2) is 0 Å². The van der Waals surface area contributed by atoms with Crippen LogP contribution in [0.1, 0.15) is 31.4 Å². The molecule has 1 atom stereocenters. The first kappa shape index (κ1) is 18.1. The molecule has 3 N–H and O–H groups in total. The Hall–Kier alpha value is -0.910. The van der Waals surface area contributed by atoms with Gasteiger partial charge in [0, 0.05) is 0 Å². The van der Waals surface area contributed by atoms with E-state index in [-0.39, 0.29) is 23.5 Å². The molecule has 1 aromatic carbocycles. The van der Waals surface area contributed by atoms with Crippen molar-refractivity contribution < 1.29 is 9.59 Å². The molecule has 1 aromatic rings. The van der Waals surface area contributed by atoms with Gasteiger partial charge in [-0.05, 0) is 24.1 Å². The van der Waals surface area contributed by atoms with Crippen LogP contribution in [0.25, 0.3) is 0 Å². The van der Waals surface area contributed by atoms with Gasteiger partial charge in [0.1, 0.15) is 0 Å². The van der Waals surface area contributed by atoms with E-state index < -0.39 is 5.91 Å². The highest BCUT2D eigenvalue weighted by molar-refractivity contribution is 8.00. The standard InChI is InChI=1S/C14H18Cl2N2O2S/c1-2-3-12(9-4-5-10(15)11(16)6-9)18-14(20)8-21-7-13(17)19/h4-6,12H,2-3,7-8H2,1H3,(H2,17,19)(H,18,20)/t12-/m0/s1. The number of hydrogen-bond acceptors (Lipinski definition) is 3. The summed E-state index contributed by atoms with van der Waals surface area (Å²) >= 11 is 13.1. The fraction of sp³-hybridized carbons (Fsp3) is 0.429. The predicted octanol–water partition coefficient (Wildman–Crippen LogP) is 3.17. The Bertz CT molecular complexity index is 512. The number of carbonyl (C=O) groups excluding carboxylic acids is 2. The van der Waals surface area contributed by atoms with Crippen molar-refractivity contribution in [3.63, 3.8) is 0 Å². The zero-order valence-corrected chi connectivity index (χ0v) is 14.0. The number of hydrogen-bond donors (Lipinski definition) is 2. The molecule has 2 amide bonds. The van der Waals surface area contributed by atoms with Crippen LogP contribution in [-0.2, 0) is 9.59 Å². The van der Waals surface area contributed by atoms with Crippen LogP contribution < -0.4 is 11.1 Å². The van der Waals surface area contributed by atoms with Crippen LogP contribution >= 0.6 is 35.0 Å². The first-order valence-corrected chi connectivity index (χ1v) is 8.45. The number of primary amides is 1. The molecular weight excluding hydrogens is 331 g/mol. The highest BCUT2D eigenvalue weighted by atomic mass is 35.5. The molecule has 0 saturated heterocycles. The molecule has 1 rings (SSSR count). The molecule has 0 spiro atoms. The number of rotatable bonds is 8. The summed E-state index contributed by atoms with van der Waals surface area (Å²) in [5.74, 6) is -0.225. The van der Waals surface area contributed by atoms with E-state index in [0.717, 1.165) is 18.4 Å². The third-order valence-corrected chi connectivity index (χ3v) is 4.43. The molecule has 7 heteroatoms. The Balaban J connectivity index is 2.66. The minimum absolute atomic E-state index is 0.119. The van der Waals surface area contributed by atoms with E-state index in [0.29, 0.717) is 10.0 Å². The quantitative estimate of drug-likeness (QED) is 0.757. The zero-order chi connectivity index (χ0) is 15.8. The lowest BCUT2D eigenvalue weighted by atomic mass is 10.0. The van der Waals surface area contributed by atoms with E-state index in [4.69, 9.17) is 28.9 Å². The summed E-state index contributed by atoms with van der Waals surface area (Å²) in [5.41, 5.74) is 5.95. The molecule has 0 unspecified atom stereocenters. The van der Waals surface area contributed by atoms with E-state index in [1.54, 1.807) is 12.1 Å². The van der Waals surface area contributed by atoms with Gasteiger partial charge in [-0.15, -0.1) is 11.8 Å². The largest absolute Gasteiger partial charge is 0.369 e. The fourth-order valence-corrected chi connectivity index (χ4v) is 2.70. The first-order valence-electron chi connectivity index (χ1n) is 6.54. The molecule has 116 valence electrons. The van der Waals surface area contributed by atoms with Gasteiger partial charge in [-0.25, -0.2) is 0 Å². The lowest BCUT2D eigenvalue weighted by Gasteiger charge is -2.19. The van der Waals surface area contributed by atoms with Crippen molar-refractivity contribution in [2.75, 3.05) is 11.5 Å². The average molecular weight is 349 g/mol. The molecular formula is C14H18Cl2N2O2S. The van der Waals surface area contributed by atoms with Crippen LogP contribution in [0, 0.1) is 0 Å². The van der Waals surface area contributed by atoms with E-state index in [9.17, 15) is 9.59 Å². The second-order valence-electron chi connectivity index (χ2n) is 4.54. The van der Waals surface area contributed by atoms with Gasteiger partial charge in [-0.1, -0.05) is 42.6 Å². The summed E-state index contributed by atoms with van der Waals surface area (Å²) in [6.45, 7) is 2.04. The third-order valence-electron chi connectivity index (χ3n) is 2.74. The molecule has 0 heterocycles. The van der Waals surface area contributed by atoms with Crippen molar-refractivity contribution in [2.24, 2.45) is 5.73 Å². The van der Waals surface area contributed by atoms with Crippen molar-refractivity contribution in [3.05, 3.63) is 33.8 Å². The van der Waals surface area contributed by atoms with Crippen molar-refractivity contribution in [1.29, 1.82) is 0 Å². The van der Waals surface area contributed by atoms with Gasteiger partial charge >= 0.3 is 0 Å². The average Bonchev–Trinajstić information content (AvgIpc) is 2.41. The number of nitrogens with one attached hydrogen (secondary N) is 1. The Morgan fingerprint density at radius 1 is 1.29 bits per heavy atom.